The standard InChI is InChI=1S/C14H14N2O2/c17-14(18)13-4-2-8-16(13)11-5-6-12-10(9-11)3-1-7-15-12/h1,3,5-7,9,13H,2,4,8H2,(H,17,18). The van der Waals surface area contributed by atoms with Crippen LogP contribution in [0.2, 0.25) is 0 Å². The Kier molecular flexibility index (Phi) is 2.63. The number of hydrogen-bond acceptors (Lipinski definition) is 3. The van der Waals surface area contributed by atoms with E-state index in [0.29, 0.717) is 0 Å². The van der Waals surface area contributed by atoms with Crippen molar-refractivity contribution < 1.29 is 9.90 Å². The first kappa shape index (κ1) is 11.0. The lowest BCUT2D eigenvalue weighted by Gasteiger charge is -2.23. The van der Waals surface area contributed by atoms with Crippen molar-refractivity contribution in [1.29, 1.82) is 0 Å². The van der Waals surface area contributed by atoms with Gasteiger partial charge in [0.25, 0.3) is 0 Å². The summed E-state index contributed by atoms with van der Waals surface area (Å²) in [4.78, 5) is 17.4. The van der Waals surface area contributed by atoms with Gasteiger partial charge >= 0.3 is 5.97 Å². The van der Waals surface area contributed by atoms with Gasteiger partial charge in [-0.15, -0.1) is 0 Å². The van der Waals surface area contributed by atoms with Gasteiger partial charge in [0, 0.05) is 23.8 Å². The zero-order valence-corrected chi connectivity index (χ0v) is 9.91. The minimum absolute atomic E-state index is 0.390. The highest BCUT2D eigenvalue weighted by atomic mass is 16.4. The molecule has 2 aromatic rings. The van der Waals surface area contributed by atoms with Gasteiger partial charge in [-0.1, -0.05) is 6.07 Å². The number of hydrogen-bond donors (Lipinski definition) is 1. The molecule has 0 aliphatic carbocycles. The molecule has 1 aliphatic rings. The summed E-state index contributed by atoms with van der Waals surface area (Å²) in [6, 6.07) is 9.42. The molecule has 0 radical (unpaired) electrons. The molecule has 1 aromatic carbocycles. The quantitative estimate of drug-likeness (QED) is 0.877. The zero-order chi connectivity index (χ0) is 12.5. The average molecular weight is 242 g/mol. The Bertz CT molecular complexity index is 597. The number of pyridine rings is 1. The fourth-order valence-electron chi connectivity index (χ4n) is 2.57. The number of carbonyl (C=O) groups is 1. The summed E-state index contributed by atoms with van der Waals surface area (Å²) in [6.45, 7) is 0.808. The predicted molar refractivity (Wildman–Crippen MR) is 69.7 cm³/mol. The molecule has 1 aliphatic heterocycles. The van der Waals surface area contributed by atoms with Crippen molar-refractivity contribution >= 4 is 22.6 Å². The molecular weight excluding hydrogens is 228 g/mol. The topological polar surface area (TPSA) is 53.4 Å². The highest BCUT2D eigenvalue weighted by molar-refractivity contribution is 5.85. The molecule has 0 saturated carbocycles. The van der Waals surface area contributed by atoms with E-state index in [2.05, 4.69) is 4.98 Å². The number of aliphatic carboxylic acids is 1. The van der Waals surface area contributed by atoms with Gasteiger partial charge in [-0.3, -0.25) is 4.98 Å². The van der Waals surface area contributed by atoms with Crippen LogP contribution in [0.15, 0.2) is 36.5 Å². The summed E-state index contributed by atoms with van der Waals surface area (Å²) in [6.07, 6.45) is 3.42. The maximum atomic E-state index is 11.2. The van der Waals surface area contributed by atoms with E-state index in [1.807, 2.05) is 35.2 Å². The smallest absolute Gasteiger partial charge is 0.326 e. The van der Waals surface area contributed by atoms with Crippen LogP contribution in [0, 0.1) is 0 Å². The van der Waals surface area contributed by atoms with Crippen LogP contribution < -0.4 is 4.90 Å². The first-order valence-electron chi connectivity index (χ1n) is 6.10. The van der Waals surface area contributed by atoms with E-state index in [1.165, 1.54) is 0 Å². The number of rotatable bonds is 2. The Balaban J connectivity index is 2.01. The molecule has 0 spiro atoms. The molecular formula is C14H14N2O2. The monoisotopic (exact) mass is 242 g/mol. The Morgan fingerprint density at radius 2 is 2.28 bits per heavy atom. The molecule has 1 aromatic heterocycles. The van der Waals surface area contributed by atoms with Crippen LogP contribution in [-0.4, -0.2) is 28.6 Å². The second-order valence-corrected chi connectivity index (χ2v) is 4.57. The molecule has 4 nitrogen and oxygen atoms in total. The van der Waals surface area contributed by atoms with Crippen molar-refractivity contribution in [3.05, 3.63) is 36.5 Å². The van der Waals surface area contributed by atoms with E-state index in [0.717, 1.165) is 36.0 Å². The largest absolute Gasteiger partial charge is 0.480 e. The molecule has 1 N–H and O–H groups in total. The van der Waals surface area contributed by atoms with Crippen molar-refractivity contribution in [3.63, 3.8) is 0 Å². The number of fused-ring (bicyclic) bond motifs is 1. The number of anilines is 1. The highest BCUT2D eigenvalue weighted by Gasteiger charge is 2.30. The molecule has 1 atom stereocenters. The number of benzene rings is 1. The molecule has 0 amide bonds. The van der Waals surface area contributed by atoms with Gasteiger partial charge in [0.1, 0.15) is 6.04 Å². The van der Waals surface area contributed by atoms with Crippen molar-refractivity contribution in [2.75, 3.05) is 11.4 Å². The third-order valence-electron chi connectivity index (χ3n) is 3.46. The zero-order valence-electron chi connectivity index (χ0n) is 9.91. The van der Waals surface area contributed by atoms with Crippen molar-refractivity contribution in [3.8, 4) is 0 Å². The predicted octanol–water partition coefficient (Wildman–Crippen LogP) is 2.29. The van der Waals surface area contributed by atoms with Crippen LogP contribution in [0.4, 0.5) is 5.69 Å². The van der Waals surface area contributed by atoms with Crippen LogP contribution >= 0.6 is 0 Å². The molecule has 1 fully saturated rings. The summed E-state index contributed by atoms with van der Waals surface area (Å²) in [5, 5.41) is 10.3. The van der Waals surface area contributed by atoms with Crippen molar-refractivity contribution in [1.82, 2.24) is 4.98 Å². The number of nitrogens with zero attached hydrogens (tertiary/aromatic N) is 2. The first-order chi connectivity index (χ1) is 8.75. The Morgan fingerprint density at radius 1 is 1.39 bits per heavy atom. The molecule has 18 heavy (non-hydrogen) atoms. The maximum absolute atomic E-state index is 11.2. The van der Waals surface area contributed by atoms with Crippen LogP contribution in [-0.2, 0) is 4.79 Å². The number of carboxylic acids is 1. The van der Waals surface area contributed by atoms with E-state index in [-0.39, 0.29) is 6.04 Å². The fraction of sp³-hybridized carbons (Fsp3) is 0.286. The van der Waals surface area contributed by atoms with Gasteiger partial charge in [0.05, 0.1) is 5.52 Å². The highest BCUT2D eigenvalue weighted by Crippen LogP contribution is 2.28. The van der Waals surface area contributed by atoms with Crippen LogP contribution in [0.3, 0.4) is 0 Å². The van der Waals surface area contributed by atoms with Crippen molar-refractivity contribution in [2.45, 2.75) is 18.9 Å². The minimum Gasteiger partial charge on any atom is -0.480 e. The van der Waals surface area contributed by atoms with Gasteiger partial charge in [-0.25, -0.2) is 4.79 Å². The van der Waals surface area contributed by atoms with Crippen LogP contribution in [0.1, 0.15) is 12.8 Å². The lowest BCUT2D eigenvalue weighted by molar-refractivity contribution is -0.138. The summed E-state index contributed by atoms with van der Waals surface area (Å²) >= 11 is 0. The van der Waals surface area contributed by atoms with E-state index < -0.39 is 5.97 Å². The molecule has 0 bridgehead atoms. The van der Waals surface area contributed by atoms with Gasteiger partial charge in [-0.05, 0) is 37.1 Å². The molecule has 1 unspecified atom stereocenters. The summed E-state index contributed by atoms with van der Waals surface area (Å²) in [5.41, 5.74) is 1.91. The van der Waals surface area contributed by atoms with Gasteiger partial charge in [-0.2, -0.15) is 0 Å². The van der Waals surface area contributed by atoms with E-state index in [1.54, 1.807) is 6.20 Å². The fourth-order valence-corrected chi connectivity index (χ4v) is 2.57. The maximum Gasteiger partial charge on any atom is 0.326 e. The Labute approximate surface area is 105 Å². The van der Waals surface area contributed by atoms with Crippen LogP contribution in [0.5, 0.6) is 0 Å². The SMILES string of the molecule is O=C(O)C1CCCN1c1ccc2ncccc2c1. The van der Waals surface area contributed by atoms with Gasteiger partial charge in [0.15, 0.2) is 0 Å². The van der Waals surface area contributed by atoms with Gasteiger partial charge in [0.2, 0.25) is 0 Å². The molecule has 3 rings (SSSR count). The van der Waals surface area contributed by atoms with E-state index in [4.69, 9.17) is 0 Å². The molecule has 1 saturated heterocycles. The molecule has 4 heteroatoms. The second-order valence-electron chi connectivity index (χ2n) is 4.57. The van der Waals surface area contributed by atoms with Crippen LogP contribution in [0.25, 0.3) is 10.9 Å². The lowest BCUT2D eigenvalue weighted by Crippen LogP contribution is -2.35. The summed E-state index contributed by atoms with van der Waals surface area (Å²) in [5.74, 6) is -0.737. The normalized spacial score (nSPS) is 19.3. The number of carboxylic acid groups (broad SMARTS) is 1. The van der Waals surface area contributed by atoms with Crippen molar-refractivity contribution in [2.24, 2.45) is 0 Å². The van der Waals surface area contributed by atoms with Gasteiger partial charge < -0.3 is 10.0 Å². The third-order valence-corrected chi connectivity index (χ3v) is 3.46. The lowest BCUT2D eigenvalue weighted by atomic mass is 10.1. The molecule has 92 valence electrons. The Morgan fingerprint density at radius 3 is 3.11 bits per heavy atom. The Hall–Kier alpha value is -2.10. The average Bonchev–Trinajstić information content (AvgIpc) is 2.87. The summed E-state index contributed by atoms with van der Waals surface area (Å²) in [7, 11) is 0. The first-order valence-corrected chi connectivity index (χ1v) is 6.10. The minimum atomic E-state index is -0.737. The third kappa shape index (κ3) is 1.79. The van der Waals surface area contributed by atoms with E-state index in [9.17, 15) is 9.90 Å². The second kappa shape index (κ2) is 4.29. The van der Waals surface area contributed by atoms with E-state index >= 15 is 0 Å². The number of aromatic nitrogens is 1. The summed E-state index contributed by atoms with van der Waals surface area (Å²) < 4.78 is 0. The molecule has 2 heterocycles.